The van der Waals surface area contributed by atoms with Crippen molar-refractivity contribution >= 4 is 32.8 Å². The number of rotatable bonds is 6. The largest absolute Gasteiger partial charge is 0.481 e. The summed E-state index contributed by atoms with van der Waals surface area (Å²) in [5, 5.41) is 3.93. The Bertz CT molecular complexity index is 1850. The average Bonchev–Trinajstić information content (AvgIpc) is 2.95. The standard InChI is InChI=1S/C30H32F2N6O5S/c1-17-26-19(20-9-11-25(42-5)36-28(20)37-44(40,41)24-10-6-18(31)14-22(24)32)7-8-21(27(26)35-16-34-17)23-15-33-12-13-38(23)29(39)43-30(2,3)4/h6-11,14,16,23,33H,12-13,15H2,1-5H3,(H,36,37). The predicted molar refractivity (Wildman–Crippen MR) is 160 cm³/mol. The summed E-state index contributed by atoms with van der Waals surface area (Å²) in [5.41, 5.74) is 2.06. The number of ether oxygens (including phenoxy) is 2. The number of methoxy groups -OCH3 is 1. The second kappa shape index (κ2) is 11.9. The van der Waals surface area contributed by atoms with Crippen LogP contribution < -0.4 is 14.8 Å². The second-order valence-corrected chi connectivity index (χ2v) is 12.9. The molecule has 0 spiro atoms. The van der Waals surface area contributed by atoms with E-state index >= 15 is 0 Å². The molecule has 14 heteroatoms. The smallest absolute Gasteiger partial charge is 0.410 e. The first kappa shape index (κ1) is 31.0. The van der Waals surface area contributed by atoms with E-state index in [2.05, 4.69) is 25.0 Å². The third kappa shape index (κ3) is 6.26. The predicted octanol–water partition coefficient (Wildman–Crippen LogP) is 4.97. The Balaban J connectivity index is 1.64. The maximum absolute atomic E-state index is 14.5. The number of pyridine rings is 1. The molecule has 1 saturated heterocycles. The van der Waals surface area contributed by atoms with Crippen molar-refractivity contribution in [1.29, 1.82) is 0 Å². The number of anilines is 1. The zero-order valence-electron chi connectivity index (χ0n) is 24.8. The van der Waals surface area contributed by atoms with Gasteiger partial charge in [0.15, 0.2) is 5.82 Å². The van der Waals surface area contributed by atoms with Crippen LogP contribution in [-0.4, -0.2) is 66.7 Å². The van der Waals surface area contributed by atoms with Crippen molar-refractivity contribution in [3.63, 3.8) is 0 Å². The Kier molecular flexibility index (Phi) is 8.40. The summed E-state index contributed by atoms with van der Waals surface area (Å²) in [6, 6.07) is 8.52. The number of amides is 1. The highest BCUT2D eigenvalue weighted by molar-refractivity contribution is 7.92. The Hall–Kier alpha value is -4.43. The lowest BCUT2D eigenvalue weighted by atomic mass is 9.93. The minimum Gasteiger partial charge on any atom is -0.481 e. The van der Waals surface area contributed by atoms with E-state index in [4.69, 9.17) is 9.47 Å². The van der Waals surface area contributed by atoms with Gasteiger partial charge in [0.1, 0.15) is 28.5 Å². The summed E-state index contributed by atoms with van der Waals surface area (Å²) < 4.78 is 67.8. The van der Waals surface area contributed by atoms with Gasteiger partial charge in [0.05, 0.1) is 18.7 Å². The van der Waals surface area contributed by atoms with E-state index < -0.39 is 44.3 Å². The minimum absolute atomic E-state index is 0.0983. The van der Waals surface area contributed by atoms with Gasteiger partial charge in [-0.25, -0.2) is 32.0 Å². The fraction of sp³-hybridized carbons (Fsp3) is 0.333. The Morgan fingerprint density at radius 2 is 1.84 bits per heavy atom. The van der Waals surface area contributed by atoms with Crippen LogP contribution >= 0.6 is 0 Å². The average molecular weight is 627 g/mol. The number of carbonyl (C=O) groups is 1. The molecule has 44 heavy (non-hydrogen) atoms. The molecule has 2 aromatic heterocycles. The summed E-state index contributed by atoms with van der Waals surface area (Å²) in [5.74, 6) is -2.22. The monoisotopic (exact) mass is 626 g/mol. The first-order valence-corrected chi connectivity index (χ1v) is 15.2. The number of hydrogen-bond donors (Lipinski definition) is 2. The molecule has 4 aromatic rings. The second-order valence-electron chi connectivity index (χ2n) is 11.2. The van der Waals surface area contributed by atoms with Crippen molar-refractivity contribution in [2.45, 2.75) is 44.2 Å². The van der Waals surface area contributed by atoms with Crippen molar-refractivity contribution in [2.24, 2.45) is 0 Å². The van der Waals surface area contributed by atoms with Gasteiger partial charge in [-0.3, -0.25) is 9.62 Å². The summed E-state index contributed by atoms with van der Waals surface area (Å²) in [7, 11) is -3.17. The van der Waals surface area contributed by atoms with Crippen LogP contribution in [0.1, 0.15) is 38.1 Å². The number of nitrogens with zero attached hydrogens (tertiary/aromatic N) is 4. The molecule has 232 valence electrons. The van der Waals surface area contributed by atoms with Crippen LogP contribution in [0.2, 0.25) is 0 Å². The van der Waals surface area contributed by atoms with E-state index in [1.807, 2.05) is 26.8 Å². The van der Waals surface area contributed by atoms with E-state index in [1.54, 1.807) is 30.0 Å². The third-order valence-electron chi connectivity index (χ3n) is 7.02. The maximum atomic E-state index is 14.5. The van der Waals surface area contributed by atoms with Gasteiger partial charge >= 0.3 is 6.09 Å². The number of sulfonamides is 1. The van der Waals surface area contributed by atoms with E-state index in [0.717, 1.165) is 17.7 Å². The molecule has 0 radical (unpaired) electrons. The molecular formula is C30H32F2N6O5S. The Morgan fingerprint density at radius 3 is 2.55 bits per heavy atom. The fourth-order valence-electron chi connectivity index (χ4n) is 5.09. The van der Waals surface area contributed by atoms with Crippen molar-refractivity contribution in [3.8, 4) is 17.0 Å². The zero-order chi connectivity index (χ0) is 31.8. The van der Waals surface area contributed by atoms with Crippen LogP contribution in [0.3, 0.4) is 0 Å². The first-order chi connectivity index (χ1) is 20.8. The number of aromatic nitrogens is 3. The molecule has 1 aliphatic heterocycles. The highest BCUT2D eigenvalue weighted by Gasteiger charge is 2.33. The highest BCUT2D eigenvalue weighted by atomic mass is 32.2. The van der Waals surface area contributed by atoms with E-state index in [-0.39, 0.29) is 11.7 Å². The SMILES string of the molecule is COc1ccc(-c2ccc(C3CNCCN3C(=O)OC(C)(C)C)c3ncnc(C)c23)c(NS(=O)(=O)c2ccc(F)cc2F)n1. The normalized spacial score (nSPS) is 15.7. The van der Waals surface area contributed by atoms with Gasteiger partial charge in [-0.2, -0.15) is 4.98 Å². The summed E-state index contributed by atoms with van der Waals surface area (Å²) in [6.45, 7) is 8.68. The molecule has 3 heterocycles. The number of hydrogen-bond acceptors (Lipinski definition) is 9. The number of carbonyl (C=O) groups excluding carboxylic acids is 1. The zero-order valence-corrected chi connectivity index (χ0v) is 25.6. The Labute approximate surface area is 253 Å². The molecule has 0 saturated carbocycles. The van der Waals surface area contributed by atoms with Crippen LogP contribution in [0.15, 0.2) is 53.7 Å². The van der Waals surface area contributed by atoms with Gasteiger partial charge in [0, 0.05) is 54.0 Å². The molecule has 5 rings (SSSR count). The third-order valence-corrected chi connectivity index (χ3v) is 8.40. The molecule has 1 aliphatic rings. The van der Waals surface area contributed by atoms with Crippen LogP contribution in [0.4, 0.5) is 19.4 Å². The van der Waals surface area contributed by atoms with E-state index in [9.17, 15) is 22.0 Å². The first-order valence-electron chi connectivity index (χ1n) is 13.8. The fourth-order valence-corrected chi connectivity index (χ4v) is 6.17. The molecule has 2 N–H and O–H groups in total. The van der Waals surface area contributed by atoms with E-state index in [1.165, 1.54) is 13.4 Å². The summed E-state index contributed by atoms with van der Waals surface area (Å²) in [4.78, 5) is 27.4. The lowest BCUT2D eigenvalue weighted by Crippen LogP contribution is -2.50. The van der Waals surface area contributed by atoms with Crippen LogP contribution in [0.5, 0.6) is 5.88 Å². The van der Waals surface area contributed by atoms with Crippen LogP contribution in [0.25, 0.3) is 22.0 Å². The molecule has 1 unspecified atom stereocenters. The topological polar surface area (TPSA) is 136 Å². The van der Waals surface area contributed by atoms with E-state index in [0.29, 0.717) is 53.4 Å². The lowest BCUT2D eigenvalue weighted by Gasteiger charge is -2.37. The highest BCUT2D eigenvalue weighted by Crippen LogP contribution is 2.39. The van der Waals surface area contributed by atoms with Gasteiger partial charge in [-0.1, -0.05) is 12.1 Å². The number of fused-ring (bicyclic) bond motifs is 1. The molecule has 1 amide bonds. The molecular weight excluding hydrogens is 594 g/mol. The number of piperazine rings is 1. The van der Waals surface area contributed by atoms with Crippen molar-refractivity contribution in [3.05, 3.63) is 71.7 Å². The van der Waals surface area contributed by atoms with Crippen LogP contribution in [-0.2, 0) is 14.8 Å². The minimum atomic E-state index is -4.54. The molecule has 1 fully saturated rings. The number of benzene rings is 2. The van der Waals surface area contributed by atoms with Gasteiger partial charge in [0.25, 0.3) is 10.0 Å². The summed E-state index contributed by atoms with van der Waals surface area (Å²) in [6.07, 6.45) is 0.975. The molecule has 0 aliphatic carbocycles. The van der Waals surface area contributed by atoms with Crippen molar-refractivity contribution in [1.82, 2.24) is 25.2 Å². The van der Waals surface area contributed by atoms with Crippen molar-refractivity contribution in [2.75, 3.05) is 31.5 Å². The van der Waals surface area contributed by atoms with Crippen molar-refractivity contribution < 1.29 is 31.5 Å². The number of nitrogens with one attached hydrogen (secondary N) is 2. The number of aryl methyl sites for hydroxylation is 1. The number of halogens is 2. The van der Waals surface area contributed by atoms with Gasteiger partial charge in [-0.05, 0) is 51.5 Å². The van der Waals surface area contributed by atoms with Crippen LogP contribution in [0, 0.1) is 18.6 Å². The Morgan fingerprint density at radius 1 is 1.09 bits per heavy atom. The van der Waals surface area contributed by atoms with Gasteiger partial charge < -0.3 is 14.8 Å². The molecule has 11 nitrogen and oxygen atoms in total. The molecule has 2 aromatic carbocycles. The quantitative estimate of drug-likeness (QED) is 0.304. The summed E-state index contributed by atoms with van der Waals surface area (Å²) >= 11 is 0. The molecule has 1 atom stereocenters. The molecule has 0 bridgehead atoms. The lowest BCUT2D eigenvalue weighted by molar-refractivity contribution is 0.0119. The maximum Gasteiger partial charge on any atom is 0.410 e. The van der Waals surface area contributed by atoms with Gasteiger partial charge in [-0.15, -0.1) is 0 Å². The van der Waals surface area contributed by atoms with Gasteiger partial charge in [0.2, 0.25) is 5.88 Å².